The molecule has 6 heteroatoms. The number of anilines is 1. The monoisotopic (exact) mass is 336 g/mol. The Hall–Kier alpha value is -2.24. The van der Waals surface area contributed by atoms with E-state index in [1.807, 2.05) is 33.8 Å². The van der Waals surface area contributed by atoms with Gasteiger partial charge in [-0.25, -0.2) is 4.79 Å². The Morgan fingerprint density at radius 3 is 2.29 bits per heavy atom. The van der Waals surface area contributed by atoms with Crippen LogP contribution < -0.4 is 9.64 Å². The van der Waals surface area contributed by atoms with Crippen LogP contribution in [0.15, 0.2) is 18.2 Å². The van der Waals surface area contributed by atoms with Crippen LogP contribution in [-0.2, 0) is 16.0 Å². The fourth-order valence-electron chi connectivity index (χ4n) is 2.11. The van der Waals surface area contributed by atoms with Crippen LogP contribution in [-0.4, -0.2) is 50.3 Å². The van der Waals surface area contributed by atoms with E-state index in [0.717, 1.165) is 5.56 Å². The quantitative estimate of drug-likeness (QED) is 0.829. The van der Waals surface area contributed by atoms with E-state index in [1.165, 1.54) is 12.0 Å². The number of nitrogens with zero attached hydrogens (tertiary/aromatic N) is 2. The van der Waals surface area contributed by atoms with Crippen molar-refractivity contribution in [1.29, 1.82) is 0 Å². The Labute approximate surface area is 144 Å². The molecule has 0 N–H and O–H groups in total. The van der Waals surface area contributed by atoms with Gasteiger partial charge in [-0.2, -0.15) is 0 Å². The molecule has 0 saturated carbocycles. The molecule has 0 bridgehead atoms. The number of rotatable bonds is 5. The zero-order valence-corrected chi connectivity index (χ0v) is 15.7. The minimum absolute atomic E-state index is 0.00660. The molecule has 2 amide bonds. The van der Waals surface area contributed by atoms with Gasteiger partial charge in [0.2, 0.25) is 5.91 Å². The summed E-state index contributed by atoms with van der Waals surface area (Å²) in [7, 11) is 4.90. The number of methoxy groups -OCH3 is 1. The molecule has 0 aliphatic heterocycles. The summed E-state index contributed by atoms with van der Waals surface area (Å²) in [5.41, 5.74) is 0.711. The van der Waals surface area contributed by atoms with Gasteiger partial charge in [0.25, 0.3) is 0 Å². The summed E-state index contributed by atoms with van der Waals surface area (Å²) in [6, 6.07) is 5.39. The van der Waals surface area contributed by atoms with Gasteiger partial charge in [0, 0.05) is 26.2 Å². The van der Waals surface area contributed by atoms with Crippen LogP contribution in [0.2, 0.25) is 0 Å². The maximum atomic E-state index is 12.3. The number of likely N-dealkylation sites (N-methyl/N-ethyl adjacent to an activating group) is 1. The predicted molar refractivity (Wildman–Crippen MR) is 94.6 cm³/mol. The highest BCUT2D eigenvalue weighted by atomic mass is 16.6. The van der Waals surface area contributed by atoms with Crippen LogP contribution >= 0.6 is 0 Å². The fraction of sp³-hybridized carbons (Fsp3) is 0.556. The van der Waals surface area contributed by atoms with Gasteiger partial charge in [0.1, 0.15) is 11.4 Å². The predicted octanol–water partition coefficient (Wildman–Crippen LogP) is 3.09. The van der Waals surface area contributed by atoms with E-state index in [-0.39, 0.29) is 12.3 Å². The average Bonchev–Trinajstić information content (AvgIpc) is 2.51. The van der Waals surface area contributed by atoms with Crippen LogP contribution in [0.3, 0.4) is 0 Å². The van der Waals surface area contributed by atoms with Gasteiger partial charge >= 0.3 is 6.09 Å². The van der Waals surface area contributed by atoms with Crippen molar-refractivity contribution in [2.24, 2.45) is 0 Å². The number of hydrogen-bond donors (Lipinski definition) is 0. The summed E-state index contributed by atoms with van der Waals surface area (Å²) >= 11 is 0. The lowest BCUT2D eigenvalue weighted by molar-refractivity contribution is -0.129. The Balaban J connectivity index is 3.10. The molecule has 0 atom stereocenters. The number of para-hydroxylation sites is 1. The number of carbonyl (C=O) groups excluding carboxylic acids is 2. The van der Waals surface area contributed by atoms with E-state index in [4.69, 9.17) is 9.47 Å². The summed E-state index contributed by atoms with van der Waals surface area (Å²) in [6.45, 7) is 7.99. The Morgan fingerprint density at radius 2 is 1.79 bits per heavy atom. The highest BCUT2D eigenvalue weighted by molar-refractivity contribution is 5.90. The van der Waals surface area contributed by atoms with Crippen molar-refractivity contribution in [2.45, 2.75) is 39.7 Å². The van der Waals surface area contributed by atoms with Gasteiger partial charge in [-0.05, 0) is 33.8 Å². The number of benzene rings is 1. The highest BCUT2D eigenvalue weighted by Crippen LogP contribution is 2.32. The minimum Gasteiger partial charge on any atom is -0.494 e. The van der Waals surface area contributed by atoms with Gasteiger partial charge in [-0.15, -0.1) is 0 Å². The van der Waals surface area contributed by atoms with Crippen molar-refractivity contribution in [2.75, 3.05) is 32.6 Å². The first-order chi connectivity index (χ1) is 11.1. The van der Waals surface area contributed by atoms with E-state index in [1.54, 1.807) is 31.1 Å². The van der Waals surface area contributed by atoms with Crippen molar-refractivity contribution in [1.82, 2.24) is 4.90 Å². The second-order valence-electron chi connectivity index (χ2n) is 6.59. The third-order valence-corrected chi connectivity index (χ3v) is 3.55. The van der Waals surface area contributed by atoms with Gasteiger partial charge in [0.05, 0.1) is 19.2 Å². The average molecular weight is 336 g/mol. The lowest BCUT2D eigenvalue weighted by atomic mass is 10.1. The van der Waals surface area contributed by atoms with E-state index in [2.05, 4.69) is 0 Å². The molecule has 0 fully saturated rings. The molecule has 0 unspecified atom stereocenters. The smallest absolute Gasteiger partial charge is 0.414 e. The number of carbonyl (C=O) groups is 2. The molecular formula is C18H28N2O4. The number of amides is 2. The summed E-state index contributed by atoms with van der Waals surface area (Å²) < 4.78 is 10.9. The molecule has 6 nitrogen and oxygen atoms in total. The van der Waals surface area contributed by atoms with E-state index in [9.17, 15) is 9.59 Å². The molecule has 0 aliphatic carbocycles. The molecule has 134 valence electrons. The molecule has 1 aromatic carbocycles. The molecule has 0 aliphatic rings. The first-order valence-corrected chi connectivity index (χ1v) is 7.97. The third-order valence-electron chi connectivity index (χ3n) is 3.55. The van der Waals surface area contributed by atoms with Crippen LogP contribution in [0, 0.1) is 0 Å². The van der Waals surface area contributed by atoms with Gasteiger partial charge < -0.3 is 14.4 Å². The SMILES string of the molecule is CCN(C)C(=O)Cc1cccc(N(C)C(=O)OC(C)(C)C)c1OC. The zero-order valence-electron chi connectivity index (χ0n) is 15.7. The maximum Gasteiger partial charge on any atom is 0.414 e. The van der Waals surface area contributed by atoms with Crippen LogP contribution in [0.5, 0.6) is 5.75 Å². The highest BCUT2D eigenvalue weighted by Gasteiger charge is 2.24. The maximum absolute atomic E-state index is 12.3. The van der Waals surface area contributed by atoms with Crippen LogP contribution in [0.1, 0.15) is 33.3 Å². The molecular weight excluding hydrogens is 308 g/mol. The Morgan fingerprint density at radius 1 is 1.17 bits per heavy atom. The van der Waals surface area contributed by atoms with Gasteiger partial charge in [-0.1, -0.05) is 12.1 Å². The minimum atomic E-state index is -0.587. The standard InChI is InChI=1S/C18H28N2O4/c1-8-19(5)15(21)12-13-10-9-11-14(16(13)23-7)20(6)17(22)24-18(2,3)4/h9-11H,8,12H2,1-7H3. The summed E-state index contributed by atoms with van der Waals surface area (Å²) in [4.78, 5) is 27.5. The molecule has 0 radical (unpaired) electrons. The first kappa shape index (κ1) is 19.8. The molecule has 0 saturated heterocycles. The van der Waals surface area contributed by atoms with Gasteiger partial charge in [0.15, 0.2) is 0 Å². The van der Waals surface area contributed by atoms with Gasteiger partial charge in [-0.3, -0.25) is 9.69 Å². The zero-order chi connectivity index (χ0) is 18.5. The normalized spacial score (nSPS) is 11.0. The van der Waals surface area contributed by atoms with E-state index < -0.39 is 11.7 Å². The van der Waals surface area contributed by atoms with Crippen molar-refractivity contribution in [3.8, 4) is 5.75 Å². The van der Waals surface area contributed by atoms with Crippen molar-refractivity contribution >= 4 is 17.7 Å². The second kappa shape index (κ2) is 8.04. The number of ether oxygens (including phenoxy) is 2. The van der Waals surface area contributed by atoms with Crippen LogP contribution in [0.25, 0.3) is 0 Å². The topological polar surface area (TPSA) is 59.1 Å². The summed E-state index contributed by atoms with van der Waals surface area (Å²) in [6.07, 6.45) is -0.265. The molecule has 0 heterocycles. The van der Waals surface area contributed by atoms with Crippen LogP contribution in [0.4, 0.5) is 10.5 Å². The second-order valence-corrected chi connectivity index (χ2v) is 6.59. The Bertz CT molecular complexity index is 593. The van der Waals surface area contributed by atoms with Crippen molar-refractivity contribution < 1.29 is 19.1 Å². The molecule has 0 spiro atoms. The lowest BCUT2D eigenvalue weighted by Crippen LogP contribution is -2.34. The molecule has 24 heavy (non-hydrogen) atoms. The molecule has 1 aromatic rings. The molecule has 0 aromatic heterocycles. The summed E-state index contributed by atoms with van der Waals surface area (Å²) in [5.74, 6) is 0.497. The largest absolute Gasteiger partial charge is 0.494 e. The van der Waals surface area contributed by atoms with E-state index in [0.29, 0.717) is 18.0 Å². The first-order valence-electron chi connectivity index (χ1n) is 7.97. The third kappa shape index (κ3) is 5.15. The summed E-state index contributed by atoms with van der Waals surface area (Å²) in [5, 5.41) is 0. The fourth-order valence-corrected chi connectivity index (χ4v) is 2.11. The molecule has 1 rings (SSSR count). The van der Waals surface area contributed by atoms with Crippen molar-refractivity contribution in [3.05, 3.63) is 23.8 Å². The van der Waals surface area contributed by atoms with Crippen molar-refractivity contribution in [3.63, 3.8) is 0 Å². The van der Waals surface area contributed by atoms with E-state index >= 15 is 0 Å². The number of hydrogen-bond acceptors (Lipinski definition) is 4. The lowest BCUT2D eigenvalue weighted by Gasteiger charge is -2.26. The Kier molecular flexibility index (Phi) is 6.63.